The molecule has 1 aromatic rings. The van der Waals surface area contributed by atoms with Crippen LogP contribution in [0.3, 0.4) is 0 Å². The number of anilines is 1. The van der Waals surface area contributed by atoms with Crippen molar-refractivity contribution >= 4 is 15.7 Å². The Hall–Kier alpha value is -1.21. The maximum absolute atomic E-state index is 11.5. The molecule has 3 N–H and O–H groups in total. The Morgan fingerprint density at radius 2 is 2.12 bits per heavy atom. The zero-order valence-electron chi connectivity index (χ0n) is 9.31. The van der Waals surface area contributed by atoms with Crippen LogP contribution < -0.4 is 11.1 Å². The predicted molar refractivity (Wildman–Crippen MR) is 63.0 cm³/mol. The third kappa shape index (κ3) is 1.89. The van der Waals surface area contributed by atoms with Crippen LogP contribution in [-0.2, 0) is 21.3 Å². The Bertz CT molecular complexity index is 564. The second kappa shape index (κ2) is 3.64. The van der Waals surface area contributed by atoms with Crippen LogP contribution in [0, 0.1) is 0 Å². The van der Waals surface area contributed by atoms with E-state index in [0.29, 0.717) is 22.9 Å². The van der Waals surface area contributed by atoms with Gasteiger partial charge in [0, 0.05) is 18.0 Å². The molecule has 1 atom stereocenters. The molecule has 6 nitrogen and oxygen atoms in total. The maximum atomic E-state index is 11.5. The van der Waals surface area contributed by atoms with E-state index < -0.39 is 9.84 Å². The highest BCUT2D eigenvalue weighted by molar-refractivity contribution is 7.90. The first kappa shape index (κ1) is 10.9. The van der Waals surface area contributed by atoms with Gasteiger partial charge in [-0.3, -0.25) is 0 Å². The summed E-state index contributed by atoms with van der Waals surface area (Å²) in [4.78, 5) is 8.64. The van der Waals surface area contributed by atoms with Gasteiger partial charge >= 0.3 is 0 Å². The maximum Gasteiger partial charge on any atom is 0.160 e. The number of aromatic nitrogens is 2. The molecule has 17 heavy (non-hydrogen) atoms. The lowest BCUT2D eigenvalue weighted by Gasteiger charge is -2.09. The fourth-order valence-electron chi connectivity index (χ4n) is 2.38. The minimum Gasteiger partial charge on any atom is -0.383 e. The van der Waals surface area contributed by atoms with Crippen molar-refractivity contribution in [3.8, 4) is 0 Å². The average Bonchev–Trinajstić information content (AvgIpc) is 2.83. The normalized spacial score (nSPS) is 26.0. The quantitative estimate of drug-likeness (QED) is 0.705. The summed E-state index contributed by atoms with van der Waals surface area (Å²) in [5.74, 6) is 1.26. The van der Waals surface area contributed by atoms with Gasteiger partial charge in [-0.1, -0.05) is 0 Å². The second-order valence-electron chi connectivity index (χ2n) is 4.61. The van der Waals surface area contributed by atoms with Gasteiger partial charge in [0.25, 0.3) is 0 Å². The van der Waals surface area contributed by atoms with Gasteiger partial charge in [-0.25, -0.2) is 18.4 Å². The van der Waals surface area contributed by atoms with Crippen molar-refractivity contribution in [3.63, 3.8) is 0 Å². The highest BCUT2D eigenvalue weighted by Gasteiger charge is 2.31. The van der Waals surface area contributed by atoms with Gasteiger partial charge in [-0.2, -0.15) is 0 Å². The molecule has 1 unspecified atom stereocenters. The first-order valence-electron chi connectivity index (χ1n) is 5.61. The Morgan fingerprint density at radius 1 is 1.29 bits per heavy atom. The summed E-state index contributed by atoms with van der Waals surface area (Å²) in [6.45, 7) is 1.79. The molecule has 0 bridgehead atoms. The summed E-state index contributed by atoms with van der Waals surface area (Å²) >= 11 is 0. The number of nitrogen functional groups attached to an aromatic ring is 1. The van der Waals surface area contributed by atoms with E-state index in [1.165, 1.54) is 0 Å². The van der Waals surface area contributed by atoms with Gasteiger partial charge in [-0.05, 0) is 13.0 Å². The lowest BCUT2D eigenvalue weighted by Crippen LogP contribution is -2.13. The van der Waals surface area contributed by atoms with E-state index in [1.54, 1.807) is 0 Å². The Balaban J connectivity index is 2.03. The number of rotatable bonds is 1. The van der Waals surface area contributed by atoms with Crippen LogP contribution in [0.25, 0.3) is 0 Å². The molecule has 0 amide bonds. The lowest BCUT2D eigenvalue weighted by molar-refractivity contribution is 0.597. The topological polar surface area (TPSA) is 98.0 Å². The fourth-order valence-corrected chi connectivity index (χ4v) is 3.89. The van der Waals surface area contributed by atoms with Crippen molar-refractivity contribution in [2.75, 3.05) is 18.8 Å². The third-order valence-corrected chi connectivity index (χ3v) is 4.73. The van der Waals surface area contributed by atoms with Crippen LogP contribution in [0.4, 0.5) is 5.82 Å². The zero-order valence-corrected chi connectivity index (χ0v) is 10.1. The van der Waals surface area contributed by atoms with Crippen molar-refractivity contribution in [1.29, 1.82) is 0 Å². The van der Waals surface area contributed by atoms with E-state index in [-0.39, 0.29) is 17.4 Å². The molecule has 92 valence electrons. The van der Waals surface area contributed by atoms with Crippen LogP contribution in [0.5, 0.6) is 0 Å². The molecule has 0 saturated carbocycles. The first-order chi connectivity index (χ1) is 8.05. The molecule has 2 aliphatic rings. The van der Waals surface area contributed by atoms with E-state index in [2.05, 4.69) is 15.3 Å². The lowest BCUT2D eigenvalue weighted by atomic mass is 10.1. The number of nitrogens with one attached hydrogen (secondary N) is 1. The van der Waals surface area contributed by atoms with E-state index >= 15 is 0 Å². The molecule has 1 aromatic heterocycles. The summed E-state index contributed by atoms with van der Waals surface area (Å²) in [5, 5.41) is 3.24. The molecule has 0 spiro atoms. The molecule has 0 radical (unpaired) electrons. The summed E-state index contributed by atoms with van der Waals surface area (Å²) in [6, 6.07) is 0. The minimum atomic E-state index is -3.07. The summed E-state index contributed by atoms with van der Waals surface area (Å²) in [6.07, 6.45) is 0.977. The van der Waals surface area contributed by atoms with E-state index in [9.17, 15) is 8.42 Å². The average molecular weight is 254 g/mol. The molecule has 1 fully saturated rings. The molecule has 3 rings (SSSR count). The number of hydrogen-bond donors (Lipinski definition) is 2. The van der Waals surface area contributed by atoms with Crippen molar-refractivity contribution in [3.05, 3.63) is 17.1 Å². The van der Waals surface area contributed by atoms with Gasteiger partial charge in [0.2, 0.25) is 0 Å². The van der Waals surface area contributed by atoms with Crippen molar-refractivity contribution in [2.45, 2.75) is 23.8 Å². The van der Waals surface area contributed by atoms with Crippen LogP contribution in [0.15, 0.2) is 0 Å². The molecule has 0 aromatic carbocycles. The Labute approximate surface area is 99.6 Å². The highest BCUT2D eigenvalue weighted by Crippen LogP contribution is 2.29. The largest absolute Gasteiger partial charge is 0.383 e. The Morgan fingerprint density at radius 3 is 2.82 bits per heavy atom. The van der Waals surface area contributed by atoms with E-state index in [0.717, 1.165) is 19.5 Å². The number of sulfone groups is 1. The SMILES string of the molecule is Nc1nc(C2CCNC2)nc2c1CS(=O)(=O)C2. The van der Waals surface area contributed by atoms with Crippen LogP contribution in [0.1, 0.15) is 29.4 Å². The zero-order chi connectivity index (χ0) is 12.0. The van der Waals surface area contributed by atoms with Gasteiger partial charge in [-0.15, -0.1) is 0 Å². The number of hydrogen-bond acceptors (Lipinski definition) is 6. The van der Waals surface area contributed by atoms with E-state index in [1.807, 2.05) is 0 Å². The number of fused-ring (bicyclic) bond motifs is 1. The van der Waals surface area contributed by atoms with Crippen LogP contribution in [-0.4, -0.2) is 31.5 Å². The first-order valence-corrected chi connectivity index (χ1v) is 7.43. The van der Waals surface area contributed by atoms with Gasteiger partial charge in [0.15, 0.2) is 9.84 Å². The molecular weight excluding hydrogens is 240 g/mol. The van der Waals surface area contributed by atoms with Crippen molar-refractivity contribution in [1.82, 2.24) is 15.3 Å². The number of nitrogens with zero attached hydrogens (tertiary/aromatic N) is 2. The third-order valence-electron chi connectivity index (χ3n) is 3.29. The highest BCUT2D eigenvalue weighted by atomic mass is 32.2. The Kier molecular flexibility index (Phi) is 2.34. The standard InChI is InChI=1S/C10H14N4O2S/c11-9-7-4-17(15,16)5-8(7)13-10(14-9)6-1-2-12-3-6/h6,12H,1-5H2,(H2,11,13,14). The fraction of sp³-hybridized carbons (Fsp3) is 0.600. The van der Waals surface area contributed by atoms with Crippen LogP contribution >= 0.6 is 0 Å². The van der Waals surface area contributed by atoms with Gasteiger partial charge < -0.3 is 11.1 Å². The molecular formula is C10H14N4O2S. The smallest absolute Gasteiger partial charge is 0.160 e. The van der Waals surface area contributed by atoms with Crippen LogP contribution in [0.2, 0.25) is 0 Å². The monoisotopic (exact) mass is 254 g/mol. The van der Waals surface area contributed by atoms with Crippen molar-refractivity contribution < 1.29 is 8.42 Å². The predicted octanol–water partition coefficient (Wildman–Crippen LogP) is -0.436. The summed E-state index contributed by atoms with van der Waals surface area (Å²) in [7, 11) is -3.07. The molecule has 7 heteroatoms. The summed E-state index contributed by atoms with van der Waals surface area (Å²) in [5.41, 5.74) is 7.02. The minimum absolute atomic E-state index is 0.00218. The van der Waals surface area contributed by atoms with Gasteiger partial charge in [0.05, 0.1) is 17.2 Å². The van der Waals surface area contributed by atoms with Gasteiger partial charge in [0.1, 0.15) is 11.6 Å². The second-order valence-corrected chi connectivity index (χ2v) is 6.68. The summed E-state index contributed by atoms with van der Waals surface area (Å²) < 4.78 is 23.1. The van der Waals surface area contributed by atoms with Crippen molar-refractivity contribution in [2.24, 2.45) is 0 Å². The van der Waals surface area contributed by atoms with E-state index in [4.69, 9.17) is 5.73 Å². The molecule has 0 aliphatic carbocycles. The molecule has 3 heterocycles. The molecule has 1 saturated heterocycles. The number of nitrogens with two attached hydrogens (primary N) is 1. The molecule has 2 aliphatic heterocycles.